The molecule has 1 aromatic carbocycles. The molecule has 5 heteroatoms. The van der Waals surface area contributed by atoms with E-state index < -0.39 is 0 Å². The highest BCUT2D eigenvalue weighted by Gasteiger charge is 2.19. The Morgan fingerprint density at radius 2 is 2.19 bits per heavy atom. The van der Waals surface area contributed by atoms with Crippen LogP contribution in [0.4, 0.5) is 10.1 Å². The first-order valence-corrected chi connectivity index (χ1v) is 7.56. The Hall–Kier alpha value is -2.14. The number of nitrogens with one attached hydrogen (secondary N) is 1. The maximum atomic E-state index is 13.4. The van der Waals surface area contributed by atoms with Crippen molar-refractivity contribution in [2.75, 3.05) is 5.32 Å². The summed E-state index contributed by atoms with van der Waals surface area (Å²) in [7, 11) is 1.97. The quantitative estimate of drug-likeness (QED) is 0.785. The number of aryl methyl sites for hydroxylation is 2. The minimum Gasteiger partial charge on any atom is -0.371 e. The molecule has 0 aliphatic rings. The third kappa shape index (κ3) is 2.83. The third-order valence-corrected chi connectivity index (χ3v) is 4.35. The van der Waals surface area contributed by atoms with Crippen molar-refractivity contribution in [2.45, 2.75) is 13.0 Å². The second kappa shape index (κ2) is 5.69. The highest BCUT2D eigenvalue weighted by Crippen LogP contribution is 2.29. The molecular formula is C16H16FN3S. The summed E-state index contributed by atoms with van der Waals surface area (Å²) in [6, 6.07) is 9.11. The summed E-state index contributed by atoms with van der Waals surface area (Å²) in [6.07, 6.45) is 3.71. The molecule has 0 spiro atoms. The Balaban J connectivity index is 1.97. The molecule has 0 saturated heterocycles. The molecule has 3 nitrogen and oxygen atoms in total. The molecule has 0 saturated carbocycles. The van der Waals surface area contributed by atoms with E-state index >= 15 is 0 Å². The summed E-state index contributed by atoms with van der Waals surface area (Å²) in [5.41, 5.74) is 1.51. The van der Waals surface area contributed by atoms with Crippen molar-refractivity contribution in [3.63, 3.8) is 0 Å². The largest absolute Gasteiger partial charge is 0.371 e. The van der Waals surface area contributed by atoms with Crippen LogP contribution < -0.4 is 5.32 Å². The Bertz CT molecular complexity index is 734. The van der Waals surface area contributed by atoms with Crippen LogP contribution in [0.2, 0.25) is 0 Å². The van der Waals surface area contributed by atoms with Crippen molar-refractivity contribution in [3.8, 4) is 0 Å². The number of benzene rings is 1. The van der Waals surface area contributed by atoms with Gasteiger partial charge in [0, 0.05) is 30.0 Å². The number of hydrogen-bond acceptors (Lipinski definition) is 3. The van der Waals surface area contributed by atoms with Gasteiger partial charge in [0.2, 0.25) is 0 Å². The molecule has 0 bridgehead atoms. The molecule has 3 aromatic rings. The topological polar surface area (TPSA) is 29.9 Å². The van der Waals surface area contributed by atoms with Gasteiger partial charge >= 0.3 is 0 Å². The number of nitrogens with zero attached hydrogens (tertiary/aromatic N) is 2. The van der Waals surface area contributed by atoms with Crippen LogP contribution in [0.25, 0.3) is 0 Å². The summed E-state index contributed by atoms with van der Waals surface area (Å²) >= 11 is 1.67. The summed E-state index contributed by atoms with van der Waals surface area (Å²) in [6.45, 7) is 1.77. The van der Waals surface area contributed by atoms with Crippen LogP contribution in [0, 0.1) is 12.7 Å². The molecule has 2 aromatic heterocycles. The lowest BCUT2D eigenvalue weighted by Crippen LogP contribution is -2.15. The first-order chi connectivity index (χ1) is 10.1. The molecule has 1 N–H and O–H groups in total. The predicted molar refractivity (Wildman–Crippen MR) is 84.1 cm³/mol. The monoisotopic (exact) mass is 301 g/mol. The molecule has 2 heterocycles. The second-order valence-electron chi connectivity index (χ2n) is 4.95. The van der Waals surface area contributed by atoms with E-state index in [9.17, 15) is 4.39 Å². The molecule has 1 unspecified atom stereocenters. The summed E-state index contributed by atoms with van der Waals surface area (Å²) < 4.78 is 15.4. The normalized spacial score (nSPS) is 12.3. The van der Waals surface area contributed by atoms with Gasteiger partial charge in [-0.2, -0.15) is 0 Å². The van der Waals surface area contributed by atoms with Gasteiger partial charge in [-0.1, -0.05) is 6.07 Å². The van der Waals surface area contributed by atoms with Crippen molar-refractivity contribution in [3.05, 3.63) is 70.2 Å². The van der Waals surface area contributed by atoms with E-state index in [1.807, 2.05) is 35.3 Å². The van der Waals surface area contributed by atoms with Crippen molar-refractivity contribution in [1.82, 2.24) is 9.55 Å². The Morgan fingerprint density at radius 1 is 1.33 bits per heavy atom. The maximum Gasteiger partial charge on any atom is 0.136 e. The fourth-order valence-electron chi connectivity index (χ4n) is 2.27. The molecule has 1 atom stereocenters. The number of imidazole rings is 1. The number of hydrogen-bond donors (Lipinski definition) is 1. The van der Waals surface area contributed by atoms with E-state index in [0.717, 1.165) is 11.5 Å². The van der Waals surface area contributed by atoms with Gasteiger partial charge in [0.05, 0.1) is 0 Å². The smallest absolute Gasteiger partial charge is 0.136 e. The van der Waals surface area contributed by atoms with Crippen LogP contribution in [0.15, 0.2) is 48.1 Å². The zero-order valence-electron chi connectivity index (χ0n) is 11.9. The lowest BCUT2D eigenvalue weighted by Gasteiger charge is -2.19. The number of thiophene rings is 1. The van der Waals surface area contributed by atoms with Crippen LogP contribution in [-0.4, -0.2) is 9.55 Å². The van der Waals surface area contributed by atoms with Crippen molar-refractivity contribution < 1.29 is 4.39 Å². The second-order valence-corrected chi connectivity index (χ2v) is 5.93. The first-order valence-electron chi connectivity index (χ1n) is 6.68. The van der Waals surface area contributed by atoms with Crippen molar-refractivity contribution in [2.24, 2.45) is 7.05 Å². The van der Waals surface area contributed by atoms with Crippen LogP contribution >= 0.6 is 11.3 Å². The van der Waals surface area contributed by atoms with Gasteiger partial charge in [0.1, 0.15) is 17.7 Å². The van der Waals surface area contributed by atoms with Gasteiger partial charge in [-0.15, -0.1) is 11.3 Å². The van der Waals surface area contributed by atoms with E-state index in [2.05, 4.69) is 16.4 Å². The molecule has 0 fully saturated rings. The van der Waals surface area contributed by atoms with Gasteiger partial charge in [-0.3, -0.25) is 0 Å². The lowest BCUT2D eigenvalue weighted by atomic mass is 10.1. The van der Waals surface area contributed by atoms with Crippen molar-refractivity contribution >= 4 is 17.0 Å². The SMILES string of the molecule is Cc1cc(NC(c2cccs2)c2nccn2C)ccc1F. The highest BCUT2D eigenvalue weighted by atomic mass is 32.1. The van der Waals surface area contributed by atoms with Gasteiger partial charge in [-0.05, 0) is 42.1 Å². The Kier molecular flexibility index (Phi) is 3.75. The Labute approximate surface area is 127 Å². The number of halogens is 1. The average molecular weight is 301 g/mol. The molecule has 21 heavy (non-hydrogen) atoms. The summed E-state index contributed by atoms with van der Waals surface area (Å²) in [4.78, 5) is 5.61. The average Bonchev–Trinajstić information content (AvgIpc) is 3.12. The molecule has 0 aliphatic heterocycles. The predicted octanol–water partition coefficient (Wildman–Crippen LogP) is 4.13. The van der Waals surface area contributed by atoms with E-state index in [4.69, 9.17) is 0 Å². The lowest BCUT2D eigenvalue weighted by molar-refractivity contribution is 0.618. The molecule has 0 radical (unpaired) electrons. The Morgan fingerprint density at radius 3 is 2.81 bits per heavy atom. The zero-order valence-corrected chi connectivity index (χ0v) is 12.7. The van der Waals surface area contributed by atoms with Crippen LogP contribution in [0.3, 0.4) is 0 Å². The fraction of sp³-hybridized carbons (Fsp3) is 0.188. The molecule has 3 rings (SSSR count). The summed E-state index contributed by atoms with van der Waals surface area (Å²) in [5, 5.41) is 5.50. The molecular weight excluding hydrogens is 285 g/mol. The minimum absolute atomic E-state index is 0.0464. The highest BCUT2D eigenvalue weighted by molar-refractivity contribution is 7.10. The standard InChI is InChI=1S/C16H16FN3S/c1-11-10-12(5-6-13(11)17)19-15(14-4-3-9-21-14)16-18-7-8-20(16)2/h3-10,15,19H,1-2H3. The third-order valence-electron chi connectivity index (χ3n) is 3.41. The van der Waals surface area contributed by atoms with Crippen LogP contribution in [-0.2, 0) is 7.05 Å². The van der Waals surface area contributed by atoms with Gasteiger partial charge in [0.25, 0.3) is 0 Å². The molecule has 0 aliphatic carbocycles. The number of aromatic nitrogens is 2. The van der Waals surface area contributed by atoms with Gasteiger partial charge in [-0.25, -0.2) is 9.37 Å². The minimum atomic E-state index is -0.190. The van der Waals surface area contributed by atoms with E-state index in [-0.39, 0.29) is 11.9 Å². The van der Waals surface area contributed by atoms with Crippen molar-refractivity contribution in [1.29, 1.82) is 0 Å². The number of rotatable bonds is 4. The molecule has 0 amide bonds. The maximum absolute atomic E-state index is 13.4. The van der Waals surface area contributed by atoms with Crippen LogP contribution in [0.5, 0.6) is 0 Å². The van der Waals surface area contributed by atoms with E-state index in [1.54, 1.807) is 30.5 Å². The first kappa shape index (κ1) is 13.8. The zero-order chi connectivity index (χ0) is 14.8. The van der Waals surface area contributed by atoms with E-state index in [1.165, 1.54) is 10.9 Å². The number of anilines is 1. The van der Waals surface area contributed by atoms with Gasteiger partial charge in [0.15, 0.2) is 0 Å². The van der Waals surface area contributed by atoms with E-state index in [0.29, 0.717) is 5.56 Å². The summed E-state index contributed by atoms with van der Waals surface area (Å²) in [5.74, 6) is 0.740. The van der Waals surface area contributed by atoms with Gasteiger partial charge < -0.3 is 9.88 Å². The van der Waals surface area contributed by atoms with Crippen LogP contribution in [0.1, 0.15) is 22.3 Å². The molecule has 108 valence electrons. The fourth-order valence-corrected chi connectivity index (χ4v) is 3.05.